The number of Topliss-reactive ketones (excluding diaryl/α,β-unsaturated/α-hetero) is 1. The van der Waals surface area contributed by atoms with Gasteiger partial charge in [-0.3, -0.25) is 9.79 Å². The molecule has 1 aliphatic heterocycles. The molecule has 0 radical (unpaired) electrons. The molecule has 15 heavy (non-hydrogen) atoms. The fourth-order valence-electron chi connectivity index (χ4n) is 1.55. The van der Waals surface area contributed by atoms with Crippen LogP contribution in [0.3, 0.4) is 0 Å². The Morgan fingerprint density at radius 1 is 1.33 bits per heavy atom. The standard InChI is InChI=1S/C12H12N2O/c1-8-10(9(2)15)7-13-11-5-3-4-6-12(11)14-8/h3-7,14H,1-2H3. The van der Waals surface area contributed by atoms with Crippen molar-refractivity contribution in [2.45, 2.75) is 13.8 Å². The maximum atomic E-state index is 11.3. The number of para-hydroxylation sites is 2. The van der Waals surface area contributed by atoms with Gasteiger partial charge in [-0.05, 0) is 26.0 Å². The molecule has 0 saturated heterocycles. The number of allylic oxidation sites excluding steroid dienone is 2. The van der Waals surface area contributed by atoms with Crippen LogP contribution in [0.4, 0.5) is 11.4 Å². The van der Waals surface area contributed by atoms with E-state index < -0.39 is 0 Å². The van der Waals surface area contributed by atoms with Gasteiger partial charge in [-0.15, -0.1) is 0 Å². The van der Waals surface area contributed by atoms with E-state index in [4.69, 9.17) is 0 Å². The number of benzene rings is 1. The van der Waals surface area contributed by atoms with E-state index >= 15 is 0 Å². The van der Waals surface area contributed by atoms with Crippen LogP contribution < -0.4 is 5.32 Å². The van der Waals surface area contributed by atoms with E-state index in [1.165, 1.54) is 0 Å². The van der Waals surface area contributed by atoms with E-state index in [0.717, 1.165) is 17.1 Å². The zero-order chi connectivity index (χ0) is 10.8. The maximum Gasteiger partial charge on any atom is 0.163 e. The van der Waals surface area contributed by atoms with Crippen molar-refractivity contribution in [2.24, 2.45) is 4.99 Å². The normalized spacial score (nSPS) is 14.3. The number of fused-ring (bicyclic) bond motifs is 1. The Bertz CT molecular complexity index is 472. The number of hydrogen-bond donors (Lipinski definition) is 1. The molecule has 2 rings (SSSR count). The van der Waals surface area contributed by atoms with E-state index in [2.05, 4.69) is 10.3 Å². The number of aliphatic imine (C=N–C) groups is 1. The van der Waals surface area contributed by atoms with Crippen LogP contribution >= 0.6 is 0 Å². The molecule has 0 saturated carbocycles. The van der Waals surface area contributed by atoms with Crippen LogP contribution in [-0.2, 0) is 4.79 Å². The first kappa shape index (κ1) is 9.65. The second-order valence-electron chi connectivity index (χ2n) is 3.50. The van der Waals surface area contributed by atoms with Gasteiger partial charge in [0.25, 0.3) is 0 Å². The summed E-state index contributed by atoms with van der Waals surface area (Å²) in [4.78, 5) is 15.6. The highest BCUT2D eigenvalue weighted by Gasteiger charge is 2.11. The topological polar surface area (TPSA) is 41.5 Å². The van der Waals surface area contributed by atoms with Crippen molar-refractivity contribution in [3.8, 4) is 0 Å². The highest BCUT2D eigenvalue weighted by molar-refractivity contribution is 6.14. The summed E-state index contributed by atoms with van der Waals surface area (Å²) in [6.45, 7) is 3.42. The first-order valence-corrected chi connectivity index (χ1v) is 4.80. The SMILES string of the molecule is CC(=O)C1=C(C)Nc2ccccc2N=C1. The van der Waals surface area contributed by atoms with E-state index in [1.807, 2.05) is 31.2 Å². The summed E-state index contributed by atoms with van der Waals surface area (Å²) >= 11 is 0. The fraction of sp³-hybridized carbons (Fsp3) is 0.167. The lowest BCUT2D eigenvalue weighted by atomic mass is 10.1. The average Bonchev–Trinajstić information content (AvgIpc) is 2.35. The summed E-state index contributed by atoms with van der Waals surface area (Å²) < 4.78 is 0. The smallest absolute Gasteiger partial charge is 0.163 e. The van der Waals surface area contributed by atoms with E-state index in [1.54, 1.807) is 13.1 Å². The average molecular weight is 200 g/mol. The van der Waals surface area contributed by atoms with Gasteiger partial charge >= 0.3 is 0 Å². The molecule has 1 heterocycles. The Morgan fingerprint density at radius 2 is 2.07 bits per heavy atom. The molecule has 0 aromatic heterocycles. The van der Waals surface area contributed by atoms with Crippen LogP contribution in [0, 0.1) is 0 Å². The lowest BCUT2D eigenvalue weighted by Gasteiger charge is -2.07. The highest BCUT2D eigenvalue weighted by Crippen LogP contribution is 2.28. The van der Waals surface area contributed by atoms with Gasteiger partial charge in [-0.2, -0.15) is 0 Å². The Hall–Kier alpha value is -1.90. The summed E-state index contributed by atoms with van der Waals surface area (Å²) in [7, 11) is 0. The quantitative estimate of drug-likeness (QED) is 0.757. The third kappa shape index (κ3) is 1.81. The molecular weight excluding hydrogens is 188 g/mol. The molecule has 0 bridgehead atoms. The van der Waals surface area contributed by atoms with Crippen molar-refractivity contribution in [1.29, 1.82) is 0 Å². The first-order chi connectivity index (χ1) is 7.18. The zero-order valence-electron chi connectivity index (χ0n) is 8.74. The van der Waals surface area contributed by atoms with Crippen LogP contribution in [0.1, 0.15) is 13.8 Å². The molecule has 1 aromatic rings. The number of carbonyl (C=O) groups is 1. The van der Waals surface area contributed by atoms with Gasteiger partial charge in [-0.1, -0.05) is 12.1 Å². The Kier molecular flexibility index (Phi) is 2.37. The molecule has 0 fully saturated rings. The molecular formula is C12H12N2O. The Morgan fingerprint density at radius 3 is 2.80 bits per heavy atom. The van der Waals surface area contributed by atoms with Crippen LogP contribution in [0.15, 0.2) is 40.5 Å². The lowest BCUT2D eigenvalue weighted by Crippen LogP contribution is -2.05. The summed E-state index contributed by atoms with van der Waals surface area (Å²) in [6.07, 6.45) is 1.62. The first-order valence-electron chi connectivity index (χ1n) is 4.80. The summed E-state index contributed by atoms with van der Waals surface area (Å²) in [6, 6.07) is 7.72. The molecule has 3 heteroatoms. The summed E-state index contributed by atoms with van der Waals surface area (Å²) in [5, 5.41) is 3.19. The molecule has 3 nitrogen and oxygen atoms in total. The van der Waals surface area contributed by atoms with Crippen molar-refractivity contribution < 1.29 is 4.79 Å². The van der Waals surface area contributed by atoms with Crippen molar-refractivity contribution in [3.05, 3.63) is 35.5 Å². The number of rotatable bonds is 1. The van der Waals surface area contributed by atoms with Gasteiger partial charge in [-0.25, -0.2) is 0 Å². The van der Waals surface area contributed by atoms with E-state index in [0.29, 0.717) is 5.57 Å². The lowest BCUT2D eigenvalue weighted by molar-refractivity contribution is -0.113. The minimum Gasteiger partial charge on any atom is -0.357 e. The third-order valence-corrected chi connectivity index (χ3v) is 2.34. The van der Waals surface area contributed by atoms with Gasteiger partial charge in [0.1, 0.15) is 0 Å². The number of hydrogen-bond acceptors (Lipinski definition) is 3. The van der Waals surface area contributed by atoms with Crippen LogP contribution in [0.25, 0.3) is 0 Å². The van der Waals surface area contributed by atoms with E-state index in [9.17, 15) is 4.79 Å². The number of nitrogens with zero attached hydrogens (tertiary/aromatic N) is 1. The largest absolute Gasteiger partial charge is 0.357 e. The van der Waals surface area contributed by atoms with Crippen LogP contribution in [-0.4, -0.2) is 12.0 Å². The van der Waals surface area contributed by atoms with Gasteiger partial charge in [0.15, 0.2) is 5.78 Å². The summed E-state index contributed by atoms with van der Waals surface area (Å²) in [5.41, 5.74) is 3.26. The van der Waals surface area contributed by atoms with Gasteiger partial charge in [0, 0.05) is 11.9 Å². The maximum absolute atomic E-state index is 11.3. The van der Waals surface area contributed by atoms with Crippen LogP contribution in [0.2, 0.25) is 0 Å². The van der Waals surface area contributed by atoms with Gasteiger partial charge < -0.3 is 5.32 Å². The Labute approximate surface area is 88.5 Å². The molecule has 1 aromatic carbocycles. The number of nitrogens with one attached hydrogen (secondary N) is 1. The number of ketones is 1. The fourth-order valence-corrected chi connectivity index (χ4v) is 1.55. The zero-order valence-corrected chi connectivity index (χ0v) is 8.74. The van der Waals surface area contributed by atoms with E-state index in [-0.39, 0.29) is 5.78 Å². The molecule has 0 unspecified atom stereocenters. The van der Waals surface area contributed by atoms with Crippen molar-refractivity contribution in [3.63, 3.8) is 0 Å². The molecule has 1 N–H and O–H groups in total. The molecule has 76 valence electrons. The monoisotopic (exact) mass is 200 g/mol. The number of carbonyl (C=O) groups excluding carboxylic acids is 1. The second kappa shape index (κ2) is 3.69. The molecule has 1 aliphatic rings. The van der Waals surface area contributed by atoms with Gasteiger partial charge in [0.2, 0.25) is 0 Å². The van der Waals surface area contributed by atoms with Crippen molar-refractivity contribution >= 4 is 23.4 Å². The number of anilines is 1. The minimum atomic E-state index is 0.0246. The predicted molar refractivity (Wildman–Crippen MR) is 61.6 cm³/mol. The van der Waals surface area contributed by atoms with Crippen molar-refractivity contribution in [2.75, 3.05) is 5.32 Å². The second-order valence-corrected chi connectivity index (χ2v) is 3.50. The van der Waals surface area contributed by atoms with Gasteiger partial charge in [0.05, 0.1) is 16.9 Å². The van der Waals surface area contributed by atoms with Crippen LogP contribution in [0.5, 0.6) is 0 Å². The predicted octanol–water partition coefficient (Wildman–Crippen LogP) is 2.68. The third-order valence-electron chi connectivity index (χ3n) is 2.34. The van der Waals surface area contributed by atoms with Crippen molar-refractivity contribution in [1.82, 2.24) is 0 Å². The highest BCUT2D eigenvalue weighted by atomic mass is 16.1. The molecule has 0 atom stereocenters. The molecule has 0 aliphatic carbocycles. The molecule has 0 amide bonds. The minimum absolute atomic E-state index is 0.0246. The summed E-state index contributed by atoms with van der Waals surface area (Å²) in [5.74, 6) is 0.0246. The Balaban J connectivity index is 2.50. The molecule has 0 spiro atoms.